The molecule has 25 heavy (non-hydrogen) atoms. The van der Waals surface area contributed by atoms with Gasteiger partial charge < -0.3 is 15.2 Å². The number of carbonyl (C=O) groups is 1. The summed E-state index contributed by atoms with van der Waals surface area (Å²) in [5, 5.41) is 14.0. The van der Waals surface area contributed by atoms with E-state index in [-0.39, 0.29) is 12.5 Å². The van der Waals surface area contributed by atoms with E-state index in [9.17, 15) is 9.90 Å². The van der Waals surface area contributed by atoms with Crippen molar-refractivity contribution in [2.24, 2.45) is 0 Å². The Morgan fingerprint density at radius 3 is 2.80 bits per heavy atom. The molecule has 0 aliphatic carbocycles. The number of amides is 1. The number of aliphatic hydroxyl groups excluding tert-OH is 1. The number of rotatable bonds is 5. The Morgan fingerprint density at radius 2 is 2.00 bits per heavy atom. The molecule has 2 N–H and O–H groups in total. The summed E-state index contributed by atoms with van der Waals surface area (Å²) >= 11 is 0. The predicted molar refractivity (Wildman–Crippen MR) is 96.8 cm³/mol. The summed E-state index contributed by atoms with van der Waals surface area (Å²) in [5.74, 6) is 0.405. The number of nitrogens with zero attached hydrogens (tertiary/aromatic N) is 1. The number of fused-ring (bicyclic) bond motifs is 1. The van der Waals surface area contributed by atoms with Crippen molar-refractivity contribution < 1.29 is 14.6 Å². The predicted octanol–water partition coefficient (Wildman–Crippen LogP) is 3.02. The quantitative estimate of drug-likeness (QED) is 0.751. The van der Waals surface area contributed by atoms with Crippen LogP contribution in [0.2, 0.25) is 0 Å². The third-order valence-electron chi connectivity index (χ3n) is 4.04. The monoisotopic (exact) mass is 336 g/mol. The number of aliphatic hydroxyl groups is 1. The zero-order chi connectivity index (χ0) is 17.8. The Morgan fingerprint density at radius 1 is 1.20 bits per heavy atom. The van der Waals surface area contributed by atoms with Crippen molar-refractivity contribution in [1.29, 1.82) is 0 Å². The van der Waals surface area contributed by atoms with Gasteiger partial charge in [0.05, 0.1) is 24.3 Å². The van der Waals surface area contributed by atoms with E-state index >= 15 is 0 Å². The molecule has 1 amide bonds. The smallest absolute Gasteiger partial charge is 0.253 e. The fourth-order valence-electron chi connectivity index (χ4n) is 2.68. The lowest BCUT2D eigenvalue weighted by atomic mass is 10.1. The van der Waals surface area contributed by atoms with Gasteiger partial charge in [0.1, 0.15) is 5.75 Å². The van der Waals surface area contributed by atoms with Crippen LogP contribution in [0.4, 0.5) is 0 Å². The van der Waals surface area contributed by atoms with E-state index in [1.165, 1.54) is 0 Å². The standard InChI is InChI=1S/C20H20N2O3/c1-13-9-10-14-5-4-8-17(19(14)22-13)20(24)21-12-18(23)15-6-3-7-16(11-15)25-2/h3-11,18,23H,12H2,1-2H3,(H,21,24). The number of benzene rings is 2. The minimum Gasteiger partial charge on any atom is -0.497 e. The lowest BCUT2D eigenvalue weighted by Gasteiger charge is -2.14. The molecule has 5 nitrogen and oxygen atoms in total. The van der Waals surface area contributed by atoms with Gasteiger partial charge in [0.2, 0.25) is 0 Å². The molecule has 5 heteroatoms. The van der Waals surface area contributed by atoms with Crippen LogP contribution in [0, 0.1) is 6.92 Å². The van der Waals surface area contributed by atoms with Gasteiger partial charge in [-0.15, -0.1) is 0 Å². The number of aryl methyl sites for hydroxylation is 1. The number of aromatic nitrogens is 1. The van der Waals surface area contributed by atoms with Gasteiger partial charge in [0.15, 0.2) is 0 Å². The Balaban J connectivity index is 1.75. The second kappa shape index (κ2) is 7.32. The molecule has 1 atom stereocenters. The molecule has 1 unspecified atom stereocenters. The van der Waals surface area contributed by atoms with Crippen molar-refractivity contribution in [3.05, 3.63) is 71.4 Å². The van der Waals surface area contributed by atoms with Gasteiger partial charge in [0, 0.05) is 17.6 Å². The van der Waals surface area contributed by atoms with Crippen LogP contribution >= 0.6 is 0 Å². The summed E-state index contributed by atoms with van der Waals surface area (Å²) in [6, 6.07) is 16.5. The molecule has 0 aliphatic rings. The summed E-state index contributed by atoms with van der Waals surface area (Å²) in [4.78, 5) is 17.0. The van der Waals surface area contributed by atoms with Crippen LogP contribution in [0.5, 0.6) is 5.75 Å². The number of ether oxygens (including phenoxy) is 1. The van der Waals surface area contributed by atoms with Crippen molar-refractivity contribution in [3.63, 3.8) is 0 Å². The second-order valence-electron chi connectivity index (χ2n) is 5.83. The molecule has 0 radical (unpaired) electrons. The summed E-state index contributed by atoms with van der Waals surface area (Å²) in [6.45, 7) is 1.99. The van der Waals surface area contributed by atoms with Crippen LogP contribution < -0.4 is 10.1 Å². The molecule has 128 valence electrons. The maximum absolute atomic E-state index is 12.5. The van der Waals surface area contributed by atoms with Gasteiger partial charge in [-0.05, 0) is 36.8 Å². The van der Waals surface area contributed by atoms with Crippen LogP contribution in [-0.4, -0.2) is 29.7 Å². The fraction of sp³-hybridized carbons (Fsp3) is 0.200. The molecular weight excluding hydrogens is 316 g/mol. The molecular formula is C20H20N2O3. The lowest BCUT2D eigenvalue weighted by Crippen LogP contribution is -2.28. The zero-order valence-corrected chi connectivity index (χ0v) is 14.2. The molecule has 0 bridgehead atoms. The molecule has 1 heterocycles. The first-order chi connectivity index (χ1) is 12.1. The van der Waals surface area contributed by atoms with E-state index < -0.39 is 6.10 Å². The number of para-hydroxylation sites is 1. The zero-order valence-electron chi connectivity index (χ0n) is 14.2. The Bertz CT molecular complexity index is 908. The molecule has 0 spiro atoms. The van der Waals surface area contributed by atoms with Crippen molar-refractivity contribution in [1.82, 2.24) is 10.3 Å². The Hall–Kier alpha value is -2.92. The Kier molecular flexibility index (Phi) is 4.95. The average Bonchev–Trinajstić information content (AvgIpc) is 2.65. The van der Waals surface area contributed by atoms with Crippen LogP contribution in [0.3, 0.4) is 0 Å². The number of hydrogen-bond donors (Lipinski definition) is 2. The Labute approximate surface area is 146 Å². The maximum Gasteiger partial charge on any atom is 0.253 e. The van der Waals surface area contributed by atoms with E-state index in [1.807, 2.05) is 31.2 Å². The first-order valence-electron chi connectivity index (χ1n) is 8.05. The first kappa shape index (κ1) is 16.9. The van der Waals surface area contributed by atoms with Crippen LogP contribution in [0.25, 0.3) is 10.9 Å². The number of hydrogen-bond acceptors (Lipinski definition) is 4. The minimum absolute atomic E-state index is 0.105. The molecule has 3 aromatic rings. The van der Waals surface area contributed by atoms with Gasteiger partial charge in [-0.1, -0.05) is 30.3 Å². The number of nitrogens with one attached hydrogen (secondary N) is 1. The van der Waals surface area contributed by atoms with Crippen molar-refractivity contribution in [2.75, 3.05) is 13.7 Å². The van der Waals surface area contributed by atoms with Gasteiger partial charge in [-0.2, -0.15) is 0 Å². The van der Waals surface area contributed by atoms with Gasteiger partial charge >= 0.3 is 0 Å². The summed E-state index contributed by atoms with van der Waals surface area (Å²) in [5.41, 5.74) is 2.70. The van der Waals surface area contributed by atoms with Crippen molar-refractivity contribution >= 4 is 16.8 Å². The molecule has 0 saturated carbocycles. The molecule has 0 aliphatic heterocycles. The van der Waals surface area contributed by atoms with Crippen molar-refractivity contribution in [2.45, 2.75) is 13.0 Å². The highest BCUT2D eigenvalue weighted by atomic mass is 16.5. The average molecular weight is 336 g/mol. The minimum atomic E-state index is -0.816. The van der Waals surface area contributed by atoms with Gasteiger partial charge in [0.25, 0.3) is 5.91 Å². The van der Waals surface area contributed by atoms with E-state index in [0.717, 1.165) is 11.1 Å². The topological polar surface area (TPSA) is 71.5 Å². The highest BCUT2D eigenvalue weighted by Crippen LogP contribution is 2.20. The van der Waals surface area contributed by atoms with Gasteiger partial charge in [-0.25, -0.2) is 0 Å². The summed E-state index contributed by atoms with van der Waals surface area (Å²) < 4.78 is 5.15. The van der Waals surface area contributed by atoms with E-state index in [0.29, 0.717) is 22.4 Å². The highest BCUT2D eigenvalue weighted by Gasteiger charge is 2.14. The SMILES string of the molecule is COc1cccc(C(O)CNC(=O)c2cccc3ccc(C)nc23)c1. The van der Waals surface area contributed by atoms with E-state index in [2.05, 4.69) is 10.3 Å². The van der Waals surface area contributed by atoms with Gasteiger partial charge in [-0.3, -0.25) is 9.78 Å². The highest BCUT2D eigenvalue weighted by molar-refractivity contribution is 6.05. The fourth-order valence-corrected chi connectivity index (χ4v) is 2.68. The third-order valence-corrected chi connectivity index (χ3v) is 4.04. The molecule has 0 fully saturated rings. The lowest BCUT2D eigenvalue weighted by molar-refractivity contribution is 0.0917. The molecule has 3 rings (SSSR count). The third kappa shape index (κ3) is 3.78. The second-order valence-corrected chi connectivity index (χ2v) is 5.83. The van der Waals surface area contributed by atoms with Crippen LogP contribution in [0.1, 0.15) is 27.7 Å². The molecule has 0 saturated heterocycles. The number of carbonyl (C=O) groups excluding carboxylic acids is 1. The number of methoxy groups -OCH3 is 1. The van der Waals surface area contributed by atoms with Crippen molar-refractivity contribution in [3.8, 4) is 5.75 Å². The normalized spacial score (nSPS) is 12.0. The summed E-state index contributed by atoms with van der Waals surface area (Å²) in [6.07, 6.45) is -0.816. The van der Waals surface area contributed by atoms with E-state index in [4.69, 9.17) is 4.74 Å². The van der Waals surface area contributed by atoms with Crippen LogP contribution in [-0.2, 0) is 0 Å². The van der Waals surface area contributed by atoms with E-state index in [1.54, 1.807) is 37.4 Å². The maximum atomic E-state index is 12.5. The molecule has 2 aromatic carbocycles. The van der Waals surface area contributed by atoms with Crippen LogP contribution in [0.15, 0.2) is 54.6 Å². The largest absolute Gasteiger partial charge is 0.497 e. The number of pyridine rings is 1. The molecule has 1 aromatic heterocycles. The first-order valence-corrected chi connectivity index (χ1v) is 8.05. The summed E-state index contributed by atoms with van der Waals surface area (Å²) in [7, 11) is 1.57.